The molecule has 8 atom stereocenters. The zero-order valence-electron chi connectivity index (χ0n) is 21.6. The summed E-state index contributed by atoms with van der Waals surface area (Å²) in [5, 5.41) is 14.1. The first kappa shape index (κ1) is 25.4. The van der Waals surface area contributed by atoms with Crippen LogP contribution in [0.3, 0.4) is 0 Å². The van der Waals surface area contributed by atoms with Crippen LogP contribution in [0.4, 0.5) is 0 Å². The number of nitrogens with one attached hydrogen (secondary N) is 1. The number of amides is 1. The van der Waals surface area contributed by atoms with E-state index in [1.165, 1.54) is 5.57 Å². The Bertz CT molecular complexity index is 892. The molecule has 2 N–H and O–H groups in total. The summed E-state index contributed by atoms with van der Waals surface area (Å²) in [5.74, 6) is -1.65. The van der Waals surface area contributed by atoms with Crippen LogP contribution in [0.2, 0.25) is 0 Å². The third-order valence-electron chi connectivity index (χ3n) is 8.07. The molecule has 2 saturated heterocycles. The Kier molecular flexibility index (Phi) is 6.77. The van der Waals surface area contributed by atoms with Gasteiger partial charge in [0.25, 0.3) is 5.91 Å². The van der Waals surface area contributed by atoms with Gasteiger partial charge in [-0.1, -0.05) is 44.1 Å². The van der Waals surface area contributed by atoms with E-state index in [9.17, 15) is 14.7 Å². The lowest BCUT2D eigenvalue weighted by Crippen LogP contribution is -2.56. The average molecular weight is 476 g/mol. The molecule has 1 spiro atoms. The number of hydrogen-bond donors (Lipinski definition) is 2. The Hall–Kier alpha value is -1.70. The van der Waals surface area contributed by atoms with Gasteiger partial charge >= 0.3 is 5.97 Å². The minimum atomic E-state index is -1.29. The number of carbonyl (C=O) groups is 2. The lowest BCUT2D eigenvalue weighted by atomic mass is 9.63. The fourth-order valence-electron chi connectivity index (χ4n) is 6.50. The van der Waals surface area contributed by atoms with Crippen molar-refractivity contribution >= 4 is 11.9 Å². The molecule has 0 unspecified atom stereocenters. The summed E-state index contributed by atoms with van der Waals surface area (Å²) in [7, 11) is 0. The van der Waals surface area contributed by atoms with Crippen molar-refractivity contribution in [2.45, 2.75) is 110 Å². The van der Waals surface area contributed by atoms with Crippen LogP contribution in [0.5, 0.6) is 0 Å². The van der Waals surface area contributed by atoms with Crippen LogP contribution in [-0.4, -0.2) is 52.7 Å². The van der Waals surface area contributed by atoms with Crippen molar-refractivity contribution in [3.05, 3.63) is 23.3 Å². The maximum absolute atomic E-state index is 13.7. The predicted octanol–water partition coefficient (Wildman–Crippen LogP) is 3.65. The van der Waals surface area contributed by atoms with Gasteiger partial charge in [0.05, 0.1) is 12.5 Å². The number of hydrogen-bond acceptors (Lipinski definition) is 6. The largest absolute Gasteiger partial charge is 0.447 e. The van der Waals surface area contributed by atoms with E-state index < -0.39 is 35.7 Å². The zero-order chi connectivity index (χ0) is 25.0. The van der Waals surface area contributed by atoms with Gasteiger partial charge in [0.1, 0.15) is 12.2 Å². The summed E-state index contributed by atoms with van der Waals surface area (Å²) in [5.41, 5.74) is 0.962. The van der Waals surface area contributed by atoms with Gasteiger partial charge in [-0.15, -0.1) is 0 Å². The number of carbonyl (C=O) groups excluding carboxylic acids is 2. The van der Waals surface area contributed by atoms with Gasteiger partial charge in [0.2, 0.25) is 5.60 Å². The summed E-state index contributed by atoms with van der Waals surface area (Å²) in [6.07, 6.45) is 4.02. The number of rotatable bonds is 2. The Morgan fingerprint density at radius 1 is 1.18 bits per heavy atom. The van der Waals surface area contributed by atoms with Crippen molar-refractivity contribution in [2.24, 2.45) is 23.7 Å². The summed E-state index contributed by atoms with van der Waals surface area (Å²) in [6.45, 7) is 14.1. The second-order valence-electron chi connectivity index (χ2n) is 11.7. The highest BCUT2D eigenvalue weighted by Gasteiger charge is 2.64. The molecule has 0 aromatic carbocycles. The Morgan fingerprint density at radius 2 is 1.88 bits per heavy atom. The van der Waals surface area contributed by atoms with Crippen molar-refractivity contribution in [2.75, 3.05) is 0 Å². The van der Waals surface area contributed by atoms with E-state index in [1.807, 2.05) is 6.92 Å². The summed E-state index contributed by atoms with van der Waals surface area (Å²) >= 11 is 0. The van der Waals surface area contributed by atoms with Crippen molar-refractivity contribution < 1.29 is 28.9 Å². The number of esters is 1. The highest BCUT2D eigenvalue weighted by molar-refractivity contribution is 5.92. The summed E-state index contributed by atoms with van der Waals surface area (Å²) in [4.78, 5) is 27.2. The second kappa shape index (κ2) is 9.07. The van der Waals surface area contributed by atoms with E-state index >= 15 is 0 Å². The lowest BCUT2D eigenvalue weighted by Gasteiger charge is -2.45. The van der Waals surface area contributed by atoms with Gasteiger partial charge in [-0.2, -0.15) is 0 Å². The van der Waals surface area contributed by atoms with Crippen LogP contribution in [0, 0.1) is 23.7 Å². The van der Waals surface area contributed by atoms with E-state index in [2.05, 4.69) is 45.2 Å². The topological polar surface area (TPSA) is 94.1 Å². The number of ether oxygens (including phenoxy) is 3. The van der Waals surface area contributed by atoms with E-state index in [-0.39, 0.29) is 36.1 Å². The maximum atomic E-state index is 13.7. The molecule has 0 aromatic rings. The van der Waals surface area contributed by atoms with Crippen molar-refractivity contribution in [3.63, 3.8) is 0 Å². The first-order valence-electron chi connectivity index (χ1n) is 12.8. The van der Waals surface area contributed by atoms with Crippen molar-refractivity contribution in [1.82, 2.24) is 5.32 Å². The number of allylic oxidation sites excluding steroid dienone is 2. The van der Waals surface area contributed by atoms with Crippen LogP contribution in [0.15, 0.2) is 23.3 Å². The molecule has 0 bridgehead atoms. The molecule has 0 saturated carbocycles. The molecule has 190 valence electrons. The fourth-order valence-corrected chi connectivity index (χ4v) is 6.50. The molecule has 2 fully saturated rings. The van der Waals surface area contributed by atoms with Gasteiger partial charge in [0, 0.05) is 17.9 Å². The predicted molar refractivity (Wildman–Crippen MR) is 128 cm³/mol. The number of aliphatic hydroxyl groups excluding tert-OH is 1. The first-order chi connectivity index (χ1) is 15.8. The maximum Gasteiger partial charge on any atom is 0.309 e. The molecule has 3 aliphatic heterocycles. The molecule has 34 heavy (non-hydrogen) atoms. The van der Waals surface area contributed by atoms with E-state index in [4.69, 9.17) is 14.2 Å². The van der Waals surface area contributed by atoms with Gasteiger partial charge in [-0.05, 0) is 58.8 Å². The highest BCUT2D eigenvalue weighted by Crippen LogP contribution is 2.51. The smallest absolute Gasteiger partial charge is 0.309 e. The third kappa shape index (κ3) is 4.47. The van der Waals surface area contributed by atoms with Crippen LogP contribution < -0.4 is 5.32 Å². The van der Waals surface area contributed by atoms with Crippen LogP contribution >= 0.6 is 0 Å². The van der Waals surface area contributed by atoms with Gasteiger partial charge in [-0.25, -0.2) is 0 Å². The molecule has 7 nitrogen and oxygen atoms in total. The minimum Gasteiger partial charge on any atom is -0.447 e. The molecular weight excluding hydrogens is 434 g/mol. The van der Waals surface area contributed by atoms with Crippen LogP contribution in [0.25, 0.3) is 0 Å². The van der Waals surface area contributed by atoms with Gasteiger partial charge < -0.3 is 24.6 Å². The second-order valence-corrected chi connectivity index (χ2v) is 11.7. The van der Waals surface area contributed by atoms with Crippen molar-refractivity contribution in [1.29, 1.82) is 0 Å². The molecule has 0 aromatic heterocycles. The van der Waals surface area contributed by atoms with E-state index in [0.29, 0.717) is 18.8 Å². The molecule has 1 aliphatic carbocycles. The number of fused-ring (bicyclic) bond motifs is 1. The van der Waals surface area contributed by atoms with Crippen LogP contribution in [0.1, 0.15) is 74.1 Å². The molecule has 3 heterocycles. The minimum absolute atomic E-state index is 0.0670. The fraction of sp³-hybridized carbons (Fsp3) is 0.778. The Morgan fingerprint density at radius 3 is 2.56 bits per heavy atom. The first-order valence-corrected chi connectivity index (χ1v) is 12.8. The lowest BCUT2D eigenvalue weighted by molar-refractivity contribution is -0.180. The summed E-state index contributed by atoms with van der Waals surface area (Å²) in [6, 6.07) is -0.0670. The summed E-state index contributed by atoms with van der Waals surface area (Å²) < 4.78 is 18.3. The van der Waals surface area contributed by atoms with E-state index in [1.54, 1.807) is 13.8 Å². The molecule has 1 amide bonds. The Balaban J connectivity index is 1.78. The molecule has 0 radical (unpaired) electrons. The van der Waals surface area contributed by atoms with Gasteiger partial charge in [-0.3, -0.25) is 9.59 Å². The highest BCUT2D eigenvalue weighted by atomic mass is 16.8. The van der Waals surface area contributed by atoms with E-state index in [0.717, 1.165) is 12.0 Å². The normalized spacial score (nSPS) is 43.9. The molecular formula is C27H41NO6. The van der Waals surface area contributed by atoms with Crippen molar-refractivity contribution in [3.8, 4) is 0 Å². The quantitative estimate of drug-likeness (QED) is 0.468. The zero-order valence-corrected chi connectivity index (χ0v) is 21.6. The molecule has 4 rings (SSSR count). The monoisotopic (exact) mass is 475 g/mol. The third-order valence-corrected chi connectivity index (χ3v) is 8.07. The standard InChI is InChI=1S/C27H41NO6/c1-14(2)10-19-23-17(5)16(4)12-18-11-15(3)8-9-20(29)24-21(32-26(6,7)34-24)13-22(30)33-27(18,23)25(31)28-19/h11-12,14,17-21,23-24,29H,8-10,13H2,1-7H3,(H,28,31)/b15-11-/t17-,18+,19-,20+,21-,23+,24+,27-/m1/s1. The van der Waals surface area contributed by atoms with Crippen LogP contribution in [-0.2, 0) is 23.8 Å². The molecule has 4 aliphatic rings. The van der Waals surface area contributed by atoms with Gasteiger partial charge in [0.15, 0.2) is 5.79 Å². The SMILES string of the molecule is CC1=C[C@@H]2/C=C(/C)CC[C@H](O)[C@@H]3OC(C)(C)O[C@@H]3CC(=O)O[C@]23C(=O)N[C@H](CC(C)C)[C@@H]3[C@@H]1C. The Labute approximate surface area is 203 Å². The average Bonchev–Trinajstić information content (AvgIpc) is 3.16. The number of aliphatic hydroxyl groups is 1. The molecule has 7 heteroatoms.